The summed E-state index contributed by atoms with van der Waals surface area (Å²) in [4.78, 5) is 18.3. The number of ether oxygens (including phenoxy) is 2. The van der Waals surface area contributed by atoms with Gasteiger partial charge in [-0.05, 0) is 52.3 Å². The van der Waals surface area contributed by atoms with E-state index in [4.69, 9.17) is 21.1 Å². The number of likely N-dealkylation sites (tertiary alicyclic amines) is 1. The minimum Gasteiger partial charge on any atom is -0.484 e. The lowest BCUT2D eigenvalue weighted by molar-refractivity contribution is -0.135. The smallest absolute Gasteiger partial charge is 0.260 e. The van der Waals surface area contributed by atoms with Crippen molar-refractivity contribution in [2.75, 3.05) is 19.7 Å². The number of hydrogen-bond acceptors (Lipinski definition) is 4. The van der Waals surface area contributed by atoms with E-state index in [0.717, 1.165) is 17.3 Å². The van der Waals surface area contributed by atoms with Gasteiger partial charge < -0.3 is 14.4 Å². The molecule has 2 aromatic rings. The van der Waals surface area contributed by atoms with Gasteiger partial charge >= 0.3 is 0 Å². The van der Waals surface area contributed by atoms with Crippen molar-refractivity contribution in [3.8, 4) is 11.6 Å². The van der Waals surface area contributed by atoms with Crippen molar-refractivity contribution < 1.29 is 14.3 Å². The average molecular weight is 426 g/mol. The van der Waals surface area contributed by atoms with Crippen LogP contribution in [0, 0.1) is 0 Å². The van der Waals surface area contributed by atoms with E-state index in [1.807, 2.05) is 17.0 Å². The van der Waals surface area contributed by atoms with E-state index in [-0.39, 0.29) is 18.6 Å². The van der Waals surface area contributed by atoms with Crippen LogP contribution < -0.4 is 9.47 Å². The van der Waals surface area contributed by atoms with Crippen molar-refractivity contribution in [3.63, 3.8) is 0 Å². The monoisotopic (exact) mass is 424 g/mol. The van der Waals surface area contributed by atoms with E-state index < -0.39 is 0 Å². The van der Waals surface area contributed by atoms with Crippen molar-refractivity contribution in [2.45, 2.75) is 18.9 Å². The molecule has 1 saturated heterocycles. The van der Waals surface area contributed by atoms with E-state index >= 15 is 0 Å². The fourth-order valence-electron chi connectivity index (χ4n) is 2.61. The molecule has 1 aliphatic heterocycles. The lowest BCUT2D eigenvalue weighted by Crippen LogP contribution is -2.43. The highest BCUT2D eigenvalue weighted by atomic mass is 79.9. The first-order valence-electron chi connectivity index (χ1n) is 8.05. The lowest BCUT2D eigenvalue weighted by atomic mass is 10.1. The number of carbonyl (C=O) groups is 1. The molecule has 5 nitrogen and oxygen atoms in total. The zero-order valence-corrected chi connectivity index (χ0v) is 15.9. The van der Waals surface area contributed by atoms with Crippen LogP contribution in [0.25, 0.3) is 0 Å². The molecule has 0 unspecified atom stereocenters. The van der Waals surface area contributed by atoms with Crippen LogP contribution in [0.15, 0.2) is 47.1 Å². The lowest BCUT2D eigenvalue weighted by Gasteiger charge is -2.32. The Labute approximate surface area is 160 Å². The highest BCUT2D eigenvalue weighted by Gasteiger charge is 2.24. The van der Waals surface area contributed by atoms with Gasteiger partial charge in [0.05, 0.1) is 4.47 Å². The minimum absolute atomic E-state index is 0.0209. The summed E-state index contributed by atoms with van der Waals surface area (Å²) in [6.45, 7) is 1.33. The number of nitrogens with zero attached hydrogens (tertiary/aromatic N) is 2. The van der Waals surface area contributed by atoms with Gasteiger partial charge in [0.25, 0.3) is 5.91 Å². The summed E-state index contributed by atoms with van der Waals surface area (Å²) in [6, 6.07) is 10.7. The van der Waals surface area contributed by atoms with Gasteiger partial charge in [-0.25, -0.2) is 4.98 Å². The number of piperidine rings is 1. The molecule has 25 heavy (non-hydrogen) atoms. The Bertz CT molecular complexity index is 719. The molecule has 0 saturated carbocycles. The molecular weight excluding hydrogens is 408 g/mol. The van der Waals surface area contributed by atoms with Crippen molar-refractivity contribution in [3.05, 3.63) is 52.1 Å². The van der Waals surface area contributed by atoms with E-state index in [0.29, 0.717) is 29.7 Å². The number of pyridine rings is 1. The molecule has 3 rings (SSSR count). The number of carbonyl (C=O) groups excluding carboxylic acids is 1. The Morgan fingerprint density at radius 3 is 2.64 bits per heavy atom. The van der Waals surface area contributed by atoms with Gasteiger partial charge in [-0.2, -0.15) is 0 Å². The highest BCUT2D eigenvalue weighted by Crippen LogP contribution is 2.25. The Hall–Kier alpha value is -1.79. The highest BCUT2D eigenvalue weighted by molar-refractivity contribution is 9.10. The SMILES string of the molecule is O=C(COc1ccc(Cl)cc1)N1CCC(Oc2ncccc2Br)CC1. The average Bonchev–Trinajstić information content (AvgIpc) is 2.63. The largest absolute Gasteiger partial charge is 0.484 e. The first-order chi connectivity index (χ1) is 12.1. The molecule has 0 aliphatic carbocycles. The summed E-state index contributed by atoms with van der Waals surface area (Å²) in [5, 5.41) is 0.639. The topological polar surface area (TPSA) is 51.7 Å². The van der Waals surface area contributed by atoms with Gasteiger partial charge in [-0.3, -0.25) is 4.79 Å². The van der Waals surface area contributed by atoms with E-state index in [1.165, 1.54) is 0 Å². The molecule has 0 bridgehead atoms. The molecule has 1 aliphatic rings. The molecular formula is C18H18BrClN2O3. The number of amides is 1. The fraction of sp³-hybridized carbons (Fsp3) is 0.333. The molecule has 7 heteroatoms. The van der Waals surface area contributed by atoms with Gasteiger partial charge in [0.2, 0.25) is 5.88 Å². The zero-order valence-electron chi connectivity index (χ0n) is 13.5. The molecule has 1 fully saturated rings. The third-order valence-corrected chi connectivity index (χ3v) is 4.83. The minimum atomic E-state index is -0.0209. The molecule has 2 heterocycles. The normalized spacial score (nSPS) is 15.0. The van der Waals surface area contributed by atoms with E-state index in [1.54, 1.807) is 30.5 Å². The van der Waals surface area contributed by atoms with Crippen LogP contribution in [0.4, 0.5) is 0 Å². The van der Waals surface area contributed by atoms with Crippen LogP contribution >= 0.6 is 27.5 Å². The number of halogens is 2. The first kappa shape index (κ1) is 18.0. The van der Waals surface area contributed by atoms with Gasteiger partial charge in [0.15, 0.2) is 6.61 Å². The molecule has 132 valence electrons. The van der Waals surface area contributed by atoms with Crippen LogP contribution in [0.3, 0.4) is 0 Å². The standard InChI is InChI=1S/C18H18BrClN2O3/c19-16-2-1-9-21-18(16)25-15-7-10-22(11-8-15)17(23)12-24-14-5-3-13(20)4-6-14/h1-6,9,15H,7-8,10-12H2. The summed E-state index contributed by atoms with van der Waals surface area (Å²) < 4.78 is 12.3. The first-order valence-corrected chi connectivity index (χ1v) is 9.22. The number of rotatable bonds is 5. The summed E-state index contributed by atoms with van der Waals surface area (Å²) in [5.41, 5.74) is 0. The predicted molar refractivity (Wildman–Crippen MR) is 99.1 cm³/mol. The Morgan fingerprint density at radius 1 is 1.24 bits per heavy atom. The molecule has 1 amide bonds. The van der Waals surface area contributed by atoms with Crippen LogP contribution in [0.5, 0.6) is 11.6 Å². The van der Waals surface area contributed by atoms with Gasteiger partial charge in [-0.15, -0.1) is 0 Å². The zero-order chi connectivity index (χ0) is 17.6. The second-order valence-corrected chi connectivity index (χ2v) is 7.02. The fourth-order valence-corrected chi connectivity index (χ4v) is 3.08. The molecule has 1 aromatic carbocycles. The van der Waals surface area contributed by atoms with Crippen molar-refractivity contribution in [1.82, 2.24) is 9.88 Å². The quantitative estimate of drug-likeness (QED) is 0.728. The van der Waals surface area contributed by atoms with Crippen molar-refractivity contribution in [1.29, 1.82) is 0 Å². The van der Waals surface area contributed by atoms with Crippen LogP contribution in [0.2, 0.25) is 5.02 Å². The van der Waals surface area contributed by atoms with Gasteiger partial charge in [0, 0.05) is 37.2 Å². The predicted octanol–water partition coefficient (Wildman–Crippen LogP) is 3.95. The molecule has 0 atom stereocenters. The van der Waals surface area contributed by atoms with Crippen LogP contribution in [-0.2, 0) is 4.79 Å². The molecule has 0 N–H and O–H groups in total. The van der Waals surface area contributed by atoms with Crippen molar-refractivity contribution >= 4 is 33.4 Å². The Kier molecular flexibility index (Phi) is 6.15. The summed E-state index contributed by atoms with van der Waals surface area (Å²) in [6.07, 6.45) is 3.31. The summed E-state index contributed by atoms with van der Waals surface area (Å²) in [7, 11) is 0. The maximum atomic E-state index is 12.3. The number of aromatic nitrogens is 1. The van der Waals surface area contributed by atoms with Gasteiger partial charge in [-0.1, -0.05) is 11.6 Å². The summed E-state index contributed by atoms with van der Waals surface area (Å²) >= 11 is 9.26. The number of hydrogen-bond donors (Lipinski definition) is 0. The van der Waals surface area contributed by atoms with Crippen molar-refractivity contribution in [2.24, 2.45) is 0 Å². The molecule has 0 radical (unpaired) electrons. The Morgan fingerprint density at radius 2 is 1.96 bits per heavy atom. The third-order valence-electron chi connectivity index (χ3n) is 3.97. The maximum Gasteiger partial charge on any atom is 0.260 e. The van der Waals surface area contributed by atoms with Gasteiger partial charge in [0.1, 0.15) is 11.9 Å². The van der Waals surface area contributed by atoms with Crippen LogP contribution in [-0.4, -0.2) is 41.6 Å². The third kappa shape index (κ3) is 5.09. The van der Waals surface area contributed by atoms with E-state index in [2.05, 4.69) is 20.9 Å². The second kappa shape index (κ2) is 8.54. The Balaban J connectivity index is 1.44. The molecule has 1 aromatic heterocycles. The maximum absolute atomic E-state index is 12.3. The number of benzene rings is 1. The van der Waals surface area contributed by atoms with Crippen LogP contribution in [0.1, 0.15) is 12.8 Å². The summed E-state index contributed by atoms with van der Waals surface area (Å²) in [5.74, 6) is 1.21. The molecule has 0 spiro atoms. The second-order valence-electron chi connectivity index (χ2n) is 5.73. The van der Waals surface area contributed by atoms with E-state index in [9.17, 15) is 4.79 Å².